The molecule has 0 unspecified atom stereocenters. The van der Waals surface area contributed by atoms with Crippen LogP contribution in [0.3, 0.4) is 0 Å². The lowest BCUT2D eigenvalue weighted by molar-refractivity contribution is 0.0473. The number of hydrogen-bond donors (Lipinski definition) is 1. The summed E-state index contributed by atoms with van der Waals surface area (Å²) < 4.78 is 5.38. The molecule has 0 amide bonds. The highest BCUT2D eigenvalue weighted by molar-refractivity contribution is 6.30. The summed E-state index contributed by atoms with van der Waals surface area (Å²) in [6.07, 6.45) is 0. The lowest BCUT2D eigenvalue weighted by atomic mass is 9.82. The number of carbonyl (C=O) groups is 3. The van der Waals surface area contributed by atoms with Crippen LogP contribution < -0.4 is 5.73 Å². The van der Waals surface area contributed by atoms with Crippen molar-refractivity contribution < 1.29 is 19.1 Å². The van der Waals surface area contributed by atoms with Gasteiger partial charge >= 0.3 is 5.97 Å². The van der Waals surface area contributed by atoms with Crippen molar-refractivity contribution in [2.75, 3.05) is 5.73 Å². The number of ketones is 2. The normalized spacial score (nSPS) is 12.3. The molecule has 0 radical (unpaired) electrons. The third-order valence-corrected chi connectivity index (χ3v) is 4.97. The molecule has 0 spiro atoms. The summed E-state index contributed by atoms with van der Waals surface area (Å²) in [5, 5.41) is 0. The average Bonchev–Trinajstić information content (AvgIpc) is 2.71. The van der Waals surface area contributed by atoms with Crippen LogP contribution in [0.15, 0.2) is 60.7 Å². The van der Waals surface area contributed by atoms with Crippen molar-refractivity contribution in [3.8, 4) is 0 Å². The summed E-state index contributed by atoms with van der Waals surface area (Å²) in [7, 11) is 0. The van der Waals surface area contributed by atoms with E-state index in [4.69, 9.17) is 10.5 Å². The van der Waals surface area contributed by atoms with Gasteiger partial charge in [0.1, 0.15) is 6.61 Å². The van der Waals surface area contributed by atoms with Gasteiger partial charge in [0.2, 0.25) is 0 Å². The third-order valence-electron chi connectivity index (χ3n) is 4.97. The molecule has 1 aliphatic carbocycles. The zero-order valence-corrected chi connectivity index (χ0v) is 15.2. The van der Waals surface area contributed by atoms with Gasteiger partial charge in [-0.1, -0.05) is 48.5 Å². The molecule has 3 aromatic carbocycles. The Bertz CT molecular complexity index is 1150. The van der Waals surface area contributed by atoms with E-state index in [9.17, 15) is 14.4 Å². The number of aryl methyl sites for hydroxylation is 1. The van der Waals surface area contributed by atoms with Gasteiger partial charge in [-0.25, -0.2) is 4.79 Å². The molecule has 2 N–H and O–H groups in total. The predicted molar refractivity (Wildman–Crippen MR) is 104 cm³/mol. The van der Waals surface area contributed by atoms with E-state index in [1.165, 1.54) is 12.1 Å². The maximum absolute atomic E-state index is 12.9. The average molecular weight is 371 g/mol. The SMILES string of the molecule is Cc1ccccc1COC(=O)c1ccc2c(c1N)C(=O)c1ccccc1C2=O. The molecule has 0 atom stereocenters. The monoisotopic (exact) mass is 371 g/mol. The summed E-state index contributed by atoms with van der Waals surface area (Å²) in [6, 6.07) is 17.1. The first-order valence-corrected chi connectivity index (χ1v) is 8.81. The van der Waals surface area contributed by atoms with Crippen LogP contribution in [0, 0.1) is 6.92 Å². The predicted octanol–water partition coefficient (Wildman–Crippen LogP) is 3.71. The Morgan fingerprint density at radius 2 is 1.50 bits per heavy atom. The van der Waals surface area contributed by atoms with E-state index < -0.39 is 5.97 Å². The van der Waals surface area contributed by atoms with Crippen molar-refractivity contribution in [1.29, 1.82) is 0 Å². The molecule has 0 aliphatic heterocycles. The third kappa shape index (κ3) is 2.77. The molecule has 0 fully saturated rings. The molecule has 0 heterocycles. The molecule has 5 heteroatoms. The lowest BCUT2D eigenvalue weighted by Gasteiger charge is -2.20. The van der Waals surface area contributed by atoms with Crippen molar-refractivity contribution in [3.63, 3.8) is 0 Å². The number of nitrogens with two attached hydrogens (primary N) is 1. The number of ether oxygens (including phenoxy) is 1. The highest BCUT2D eigenvalue weighted by Gasteiger charge is 2.33. The topological polar surface area (TPSA) is 86.5 Å². The highest BCUT2D eigenvalue weighted by Crippen LogP contribution is 2.33. The van der Waals surface area contributed by atoms with Crippen LogP contribution in [0.2, 0.25) is 0 Å². The highest BCUT2D eigenvalue weighted by atomic mass is 16.5. The minimum absolute atomic E-state index is 0.0277. The van der Waals surface area contributed by atoms with Crippen LogP contribution >= 0.6 is 0 Å². The van der Waals surface area contributed by atoms with Gasteiger partial charge in [-0.2, -0.15) is 0 Å². The summed E-state index contributed by atoms with van der Waals surface area (Å²) in [4.78, 5) is 38.2. The van der Waals surface area contributed by atoms with E-state index in [2.05, 4.69) is 0 Å². The fourth-order valence-electron chi connectivity index (χ4n) is 3.38. The maximum Gasteiger partial charge on any atom is 0.340 e. The molecular formula is C23H17NO4. The molecular weight excluding hydrogens is 354 g/mol. The number of anilines is 1. The first-order valence-electron chi connectivity index (χ1n) is 8.81. The number of fused-ring (bicyclic) bond motifs is 2. The van der Waals surface area contributed by atoms with Gasteiger partial charge in [0.15, 0.2) is 11.6 Å². The summed E-state index contributed by atoms with van der Waals surface area (Å²) in [5.41, 5.74) is 8.98. The van der Waals surface area contributed by atoms with E-state index in [-0.39, 0.29) is 46.1 Å². The second-order valence-corrected chi connectivity index (χ2v) is 6.66. The number of benzene rings is 3. The minimum Gasteiger partial charge on any atom is -0.457 e. The van der Waals surface area contributed by atoms with E-state index >= 15 is 0 Å². The van der Waals surface area contributed by atoms with Crippen molar-refractivity contribution in [1.82, 2.24) is 0 Å². The Balaban J connectivity index is 1.68. The Labute approximate surface area is 161 Å². The largest absolute Gasteiger partial charge is 0.457 e. The van der Waals surface area contributed by atoms with Gasteiger partial charge in [-0.3, -0.25) is 9.59 Å². The fourth-order valence-corrected chi connectivity index (χ4v) is 3.38. The van der Waals surface area contributed by atoms with Crippen LogP contribution in [0.5, 0.6) is 0 Å². The fraction of sp³-hybridized carbons (Fsp3) is 0.0870. The summed E-state index contributed by atoms with van der Waals surface area (Å²) >= 11 is 0. The quantitative estimate of drug-likeness (QED) is 0.438. The molecule has 5 nitrogen and oxygen atoms in total. The lowest BCUT2D eigenvalue weighted by Crippen LogP contribution is -2.24. The Morgan fingerprint density at radius 1 is 0.857 bits per heavy atom. The first-order chi connectivity index (χ1) is 13.5. The van der Waals surface area contributed by atoms with E-state index in [0.717, 1.165) is 11.1 Å². The second kappa shape index (κ2) is 6.78. The summed E-state index contributed by atoms with van der Waals surface area (Å²) in [5.74, 6) is -1.28. The van der Waals surface area contributed by atoms with E-state index in [1.54, 1.807) is 24.3 Å². The van der Waals surface area contributed by atoms with Gasteiger partial charge in [0.05, 0.1) is 16.8 Å². The molecule has 138 valence electrons. The van der Waals surface area contributed by atoms with E-state index in [0.29, 0.717) is 5.56 Å². The number of rotatable bonds is 3. The van der Waals surface area contributed by atoms with Gasteiger partial charge in [0, 0.05) is 16.7 Å². The number of nitrogen functional groups attached to an aromatic ring is 1. The number of carbonyl (C=O) groups excluding carboxylic acids is 3. The molecule has 0 bridgehead atoms. The van der Waals surface area contributed by atoms with Crippen molar-refractivity contribution in [2.24, 2.45) is 0 Å². The van der Waals surface area contributed by atoms with Crippen LogP contribution in [-0.2, 0) is 11.3 Å². The van der Waals surface area contributed by atoms with Crippen molar-refractivity contribution in [3.05, 3.63) is 99.6 Å². The zero-order chi connectivity index (χ0) is 19.8. The molecule has 1 aliphatic rings. The Hall–Kier alpha value is -3.73. The molecule has 3 aromatic rings. The maximum atomic E-state index is 12.9. The molecule has 0 saturated carbocycles. The van der Waals surface area contributed by atoms with Crippen molar-refractivity contribution in [2.45, 2.75) is 13.5 Å². The van der Waals surface area contributed by atoms with E-state index in [1.807, 2.05) is 31.2 Å². The molecule has 0 aromatic heterocycles. The van der Waals surface area contributed by atoms with Crippen LogP contribution in [0.1, 0.15) is 53.3 Å². The number of esters is 1. The smallest absolute Gasteiger partial charge is 0.340 e. The van der Waals surface area contributed by atoms with Gasteiger partial charge in [-0.15, -0.1) is 0 Å². The van der Waals surface area contributed by atoms with Crippen LogP contribution in [-0.4, -0.2) is 17.5 Å². The Morgan fingerprint density at radius 3 is 2.21 bits per heavy atom. The minimum atomic E-state index is -0.636. The molecule has 4 rings (SSSR count). The summed E-state index contributed by atoms with van der Waals surface area (Å²) in [6.45, 7) is 2.02. The van der Waals surface area contributed by atoms with Crippen LogP contribution in [0.25, 0.3) is 0 Å². The van der Waals surface area contributed by atoms with Crippen molar-refractivity contribution >= 4 is 23.2 Å². The van der Waals surface area contributed by atoms with Gasteiger partial charge in [0.25, 0.3) is 0 Å². The molecule has 0 saturated heterocycles. The molecule has 28 heavy (non-hydrogen) atoms. The zero-order valence-electron chi connectivity index (χ0n) is 15.2. The number of hydrogen-bond acceptors (Lipinski definition) is 5. The van der Waals surface area contributed by atoms with Gasteiger partial charge < -0.3 is 10.5 Å². The van der Waals surface area contributed by atoms with Gasteiger partial charge in [-0.05, 0) is 30.2 Å². The van der Waals surface area contributed by atoms with Crippen LogP contribution in [0.4, 0.5) is 5.69 Å². The second-order valence-electron chi connectivity index (χ2n) is 6.66. The standard InChI is InChI=1S/C23H17NO4/c1-13-6-2-3-7-14(13)12-28-23(27)18-11-10-17-19(20(18)24)22(26)16-9-5-4-8-15(16)21(17)25/h2-11H,12,24H2,1H3. The Kier molecular flexibility index (Phi) is 4.28. The first kappa shape index (κ1) is 17.7.